The average molecular weight is 484 g/mol. The molecule has 2 heterocycles. The van der Waals surface area contributed by atoms with Crippen LogP contribution in [0.2, 0.25) is 0 Å². The Balaban J connectivity index is 1.18. The first-order chi connectivity index (χ1) is 17.3. The lowest BCUT2D eigenvalue weighted by Gasteiger charge is -2.39. The van der Waals surface area contributed by atoms with Crippen molar-refractivity contribution in [3.8, 4) is 5.75 Å². The number of anilines is 1. The van der Waals surface area contributed by atoms with Crippen LogP contribution in [0.5, 0.6) is 5.75 Å². The molecule has 2 aliphatic rings. The lowest BCUT2D eigenvalue weighted by atomic mass is 9.88. The molecule has 190 valence electrons. The van der Waals surface area contributed by atoms with Crippen molar-refractivity contribution in [2.45, 2.75) is 52.1 Å². The number of fused-ring (bicyclic) bond motifs is 1. The van der Waals surface area contributed by atoms with Crippen LogP contribution in [0.4, 0.5) is 5.69 Å². The first-order valence-corrected chi connectivity index (χ1v) is 13.5. The number of piperazine rings is 1. The van der Waals surface area contributed by atoms with Crippen LogP contribution in [-0.2, 0) is 6.42 Å². The van der Waals surface area contributed by atoms with Crippen LogP contribution in [0.3, 0.4) is 0 Å². The van der Waals surface area contributed by atoms with Gasteiger partial charge >= 0.3 is 0 Å². The second-order valence-corrected chi connectivity index (χ2v) is 11.1. The molecule has 36 heavy (non-hydrogen) atoms. The van der Waals surface area contributed by atoms with Gasteiger partial charge in [-0.3, -0.25) is 4.90 Å². The van der Waals surface area contributed by atoms with Gasteiger partial charge in [0.25, 0.3) is 0 Å². The number of ether oxygens (including phenoxy) is 1. The Hall–Kier alpha value is -2.82. The molecular formula is C32H41N3O. The van der Waals surface area contributed by atoms with Crippen molar-refractivity contribution in [2.75, 3.05) is 45.0 Å². The second kappa shape index (κ2) is 10.3. The van der Waals surface area contributed by atoms with Gasteiger partial charge in [-0.2, -0.15) is 0 Å². The van der Waals surface area contributed by atoms with Crippen molar-refractivity contribution in [3.63, 3.8) is 0 Å². The molecular weight excluding hydrogens is 442 g/mol. The number of benzene rings is 3. The van der Waals surface area contributed by atoms with Gasteiger partial charge in [0.1, 0.15) is 11.4 Å². The van der Waals surface area contributed by atoms with E-state index in [9.17, 15) is 0 Å². The summed E-state index contributed by atoms with van der Waals surface area (Å²) in [6.07, 6.45) is 2.08. The third-order valence-corrected chi connectivity index (χ3v) is 8.50. The van der Waals surface area contributed by atoms with E-state index in [1.165, 1.54) is 27.8 Å². The lowest BCUT2D eigenvalue weighted by molar-refractivity contribution is 0.0375. The molecule has 4 heteroatoms. The molecule has 3 aromatic carbocycles. The van der Waals surface area contributed by atoms with E-state index >= 15 is 0 Å². The van der Waals surface area contributed by atoms with Crippen molar-refractivity contribution in [1.82, 2.24) is 9.80 Å². The lowest BCUT2D eigenvalue weighted by Crippen LogP contribution is -2.52. The van der Waals surface area contributed by atoms with Crippen molar-refractivity contribution in [3.05, 3.63) is 94.0 Å². The summed E-state index contributed by atoms with van der Waals surface area (Å²) >= 11 is 0. The number of nitrogens with zero attached hydrogens (tertiary/aromatic N) is 2. The Morgan fingerprint density at radius 2 is 1.36 bits per heavy atom. The molecule has 2 N–H and O–H groups in total. The quantitative estimate of drug-likeness (QED) is 0.436. The first-order valence-electron chi connectivity index (χ1n) is 13.5. The summed E-state index contributed by atoms with van der Waals surface area (Å²) in [4.78, 5) is 5.23. The standard InChI is InChI=1S/C32H41N3O/c1-23-24(2)31-29(25(3)30(23)33)21-32(4,36-31)22-35-19-17-34(18-20-35)16-15-28(26-11-7-5-8-12-26)27-13-9-6-10-14-27/h5-14,28H,15-22,33H2,1-4H3. The van der Waals surface area contributed by atoms with Gasteiger partial charge in [-0.15, -0.1) is 0 Å². The fourth-order valence-electron chi connectivity index (χ4n) is 6.16. The highest BCUT2D eigenvalue weighted by Gasteiger charge is 2.39. The maximum absolute atomic E-state index is 6.64. The summed E-state index contributed by atoms with van der Waals surface area (Å²) in [6.45, 7) is 15.2. The third kappa shape index (κ3) is 5.02. The van der Waals surface area contributed by atoms with E-state index in [1.807, 2.05) is 0 Å². The molecule has 0 aromatic heterocycles. The fourth-order valence-corrected chi connectivity index (χ4v) is 6.16. The summed E-state index contributed by atoms with van der Waals surface area (Å²) < 4.78 is 6.64. The van der Waals surface area contributed by atoms with Crippen LogP contribution in [0.25, 0.3) is 0 Å². The van der Waals surface area contributed by atoms with E-state index < -0.39 is 0 Å². The SMILES string of the molecule is Cc1c(C)c2c(c(C)c1N)CC(C)(CN1CCN(CCC(c3ccccc3)c3ccccc3)CC1)O2. The first kappa shape index (κ1) is 24.9. The molecule has 3 aromatic rings. The summed E-state index contributed by atoms with van der Waals surface area (Å²) in [5, 5.41) is 0. The molecule has 1 atom stereocenters. The Labute approximate surface area is 217 Å². The molecule has 1 fully saturated rings. The molecule has 0 amide bonds. The number of nitrogen functional groups attached to an aromatic ring is 1. The van der Waals surface area contributed by atoms with Crippen molar-refractivity contribution < 1.29 is 4.74 Å². The van der Waals surface area contributed by atoms with Crippen molar-refractivity contribution >= 4 is 5.69 Å². The zero-order valence-corrected chi connectivity index (χ0v) is 22.4. The van der Waals surface area contributed by atoms with Crippen LogP contribution in [0.15, 0.2) is 60.7 Å². The van der Waals surface area contributed by atoms with Gasteiger partial charge in [0, 0.05) is 56.3 Å². The van der Waals surface area contributed by atoms with Crippen molar-refractivity contribution in [1.29, 1.82) is 0 Å². The molecule has 5 rings (SSSR count). The molecule has 1 unspecified atom stereocenters. The smallest absolute Gasteiger partial charge is 0.127 e. The number of rotatable bonds is 7. The second-order valence-electron chi connectivity index (χ2n) is 11.1. The Kier molecular flexibility index (Phi) is 7.09. The molecule has 0 saturated carbocycles. The largest absolute Gasteiger partial charge is 0.485 e. The predicted octanol–water partition coefficient (Wildman–Crippen LogP) is 5.73. The summed E-state index contributed by atoms with van der Waals surface area (Å²) in [6, 6.07) is 21.9. The maximum atomic E-state index is 6.64. The summed E-state index contributed by atoms with van der Waals surface area (Å²) in [5.41, 5.74) is 14.8. The van der Waals surface area contributed by atoms with Crippen LogP contribution in [0.1, 0.15) is 52.6 Å². The van der Waals surface area contributed by atoms with E-state index in [4.69, 9.17) is 10.5 Å². The monoisotopic (exact) mass is 483 g/mol. The van der Waals surface area contributed by atoms with E-state index in [0.717, 1.165) is 69.1 Å². The third-order valence-electron chi connectivity index (χ3n) is 8.50. The van der Waals surface area contributed by atoms with E-state index in [2.05, 4.69) is 98.2 Å². The number of hydrogen-bond donors (Lipinski definition) is 1. The van der Waals surface area contributed by atoms with Crippen LogP contribution >= 0.6 is 0 Å². The van der Waals surface area contributed by atoms with Gasteiger partial charge < -0.3 is 15.4 Å². The molecule has 0 bridgehead atoms. The molecule has 0 aliphatic carbocycles. The van der Waals surface area contributed by atoms with E-state index in [0.29, 0.717) is 5.92 Å². The van der Waals surface area contributed by atoms with Crippen LogP contribution < -0.4 is 10.5 Å². The number of nitrogens with two attached hydrogens (primary N) is 1. The van der Waals surface area contributed by atoms with E-state index in [1.54, 1.807) is 0 Å². The van der Waals surface area contributed by atoms with Gasteiger partial charge in [-0.1, -0.05) is 60.7 Å². The summed E-state index contributed by atoms with van der Waals surface area (Å²) in [7, 11) is 0. The minimum absolute atomic E-state index is 0.189. The average Bonchev–Trinajstić information content (AvgIpc) is 3.26. The maximum Gasteiger partial charge on any atom is 0.127 e. The van der Waals surface area contributed by atoms with Crippen LogP contribution in [-0.4, -0.2) is 54.7 Å². The highest BCUT2D eigenvalue weighted by Crippen LogP contribution is 2.44. The van der Waals surface area contributed by atoms with E-state index in [-0.39, 0.29) is 5.60 Å². The zero-order valence-electron chi connectivity index (χ0n) is 22.4. The fraction of sp³-hybridized carbons (Fsp3) is 0.438. The van der Waals surface area contributed by atoms with Gasteiger partial charge in [0.05, 0.1) is 0 Å². The Morgan fingerprint density at radius 1 is 0.806 bits per heavy atom. The Bertz CT molecular complexity index is 1110. The van der Waals surface area contributed by atoms with Gasteiger partial charge in [-0.05, 0) is 68.5 Å². The summed E-state index contributed by atoms with van der Waals surface area (Å²) in [5.74, 6) is 1.52. The normalized spacial score (nSPS) is 20.5. The molecule has 0 spiro atoms. The Morgan fingerprint density at radius 3 is 1.94 bits per heavy atom. The van der Waals surface area contributed by atoms with Gasteiger partial charge in [0.15, 0.2) is 0 Å². The predicted molar refractivity (Wildman–Crippen MR) is 150 cm³/mol. The zero-order chi connectivity index (χ0) is 25.3. The van der Waals surface area contributed by atoms with Crippen LogP contribution in [0, 0.1) is 20.8 Å². The highest BCUT2D eigenvalue weighted by molar-refractivity contribution is 5.66. The topological polar surface area (TPSA) is 41.7 Å². The van der Waals surface area contributed by atoms with Gasteiger partial charge in [0.2, 0.25) is 0 Å². The number of hydrogen-bond acceptors (Lipinski definition) is 4. The molecule has 1 saturated heterocycles. The minimum Gasteiger partial charge on any atom is -0.485 e. The van der Waals surface area contributed by atoms with Gasteiger partial charge in [-0.25, -0.2) is 0 Å². The highest BCUT2D eigenvalue weighted by atomic mass is 16.5. The van der Waals surface area contributed by atoms with Crippen molar-refractivity contribution in [2.24, 2.45) is 0 Å². The molecule has 0 radical (unpaired) electrons. The minimum atomic E-state index is -0.189. The molecule has 4 nitrogen and oxygen atoms in total. The molecule has 2 aliphatic heterocycles.